The highest BCUT2D eigenvalue weighted by molar-refractivity contribution is 6.50. The van der Waals surface area contributed by atoms with E-state index < -0.39 is 15.6 Å². The molecule has 1 amide bonds. The van der Waals surface area contributed by atoms with E-state index in [1.54, 1.807) is 6.07 Å². The normalized spacial score (nSPS) is 13.5. The third-order valence-corrected chi connectivity index (χ3v) is 2.16. The Kier molecular flexibility index (Phi) is 4.69. The first-order valence-electron chi connectivity index (χ1n) is 3.11. The van der Waals surface area contributed by atoms with Crippen LogP contribution in [0.5, 0.6) is 0 Å². The van der Waals surface area contributed by atoms with E-state index >= 15 is 0 Å². The van der Waals surface area contributed by atoms with Gasteiger partial charge in [-0.3, -0.25) is 4.79 Å². The van der Waals surface area contributed by atoms with Gasteiger partial charge in [-0.15, -0.1) is 11.6 Å². The highest BCUT2D eigenvalue weighted by Crippen LogP contribution is 2.27. The van der Waals surface area contributed by atoms with E-state index in [1.807, 2.05) is 0 Å². The molecule has 0 saturated carbocycles. The van der Waals surface area contributed by atoms with Crippen molar-refractivity contribution in [3.8, 4) is 6.07 Å². The molecule has 0 aromatic carbocycles. The van der Waals surface area contributed by atoms with Crippen LogP contribution in [0.3, 0.4) is 0 Å². The van der Waals surface area contributed by atoms with Crippen LogP contribution in [0, 0.1) is 11.3 Å². The minimum Gasteiger partial charge on any atom is -0.368 e. The quantitative estimate of drug-likeness (QED) is 0.743. The van der Waals surface area contributed by atoms with Crippen LogP contribution in [0.2, 0.25) is 0 Å². The highest BCUT2D eigenvalue weighted by atomic mass is 35.5. The number of nitriles is 1. The first kappa shape index (κ1) is 11.8. The van der Waals surface area contributed by atoms with Gasteiger partial charge in [-0.05, 0) is 12.8 Å². The number of amides is 1. The van der Waals surface area contributed by atoms with Crippen molar-refractivity contribution in [3.05, 3.63) is 0 Å². The Morgan fingerprint density at radius 2 is 2.17 bits per heavy atom. The molecule has 0 aliphatic heterocycles. The van der Waals surface area contributed by atoms with Crippen LogP contribution in [0.1, 0.15) is 12.8 Å². The van der Waals surface area contributed by atoms with E-state index in [0.29, 0.717) is 0 Å². The molecule has 0 radical (unpaired) electrons. The molecule has 1 unspecified atom stereocenters. The molecular weight excluding hydrogens is 222 g/mol. The molecule has 0 aliphatic rings. The Hall–Kier alpha value is -0.170. The second-order valence-corrected chi connectivity index (χ2v) is 4.24. The van der Waals surface area contributed by atoms with Crippen molar-refractivity contribution >= 4 is 40.7 Å². The third-order valence-electron chi connectivity index (χ3n) is 1.18. The van der Waals surface area contributed by atoms with Crippen LogP contribution in [0.25, 0.3) is 0 Å². The van der Waals surface area contributed by atoms with Gasteiger partial charge in [-0.25, -0.2) is 0 Å². The largest absolute Gasteiger partial charge is 0.368 e. The topological polar surface area (TPSA) is 66.9 Å². The fraction of sp³-hybridized carbons (Fsp3) is 0.667. The number of rotatable bonds is 4. The minimum absolute atomic E-state index is 0.115. The fourth-order valence-electron chi connectivity index (χ4n) is 0.506. The van der Waals surface area contributed by atoms with Gasteiger partial charge >= 0.3 is 0 Å². The van der Waals surface area contributed by atoms with Crippen molar-refractivity contribution in [1.29, 1.82) is 5.26 Å². The molecule has 1 atom stereocenters. The Morgan fingerprint density at radius 3 is 2.50 bits per heavy atom. The Balaban J connectivity index is 3.85. The maximum Gasteiger partial charge on any atom is 0.235 e. The Labute approximate surface area is 85.4 Å². The number of carbonyl (C=O) groups is 1. The summed E-state index contributed by atoms with van der Waals surface area (Å²) in [6.45, 7) is 0. The highest BCUT2D eigenvalue weighted by Gasteiger charge is 2.25. The lowest BCUT2D eigenvalue weighted by atomic mass is 10.2. The fourth-order valence-corrected chi connectivity index (χ4v) is 0.833. The number of carbonyl (C=O) groups excluding carboxylic acids is 1. The lowest BCUT2D eigenvalue weighted by molar-refractivity contribution is -0.117. The number of primary amides is 1. The van der Waals surface area contributed by atoms with Gasteiger partial charge in [0.25, 0.3) is 0 Å². The van der Waals surface area contributed by atoms with Crippen LogP contribution in [0.15, 0.2) is 0 Å². The predicted molar refractivity (Wildman–Crippen MR) is 48.1 cm³/mol. The SMILES string of the molecule is N#CC(Cl)(Cl)CCC(Cl)C(N)=O. The summed E-state index contributed by atoms with van der Waals surface area (Å²) in [7, 11) is 0. The molecule has 6 heteroatoms. The average Bonchev–Trinajstić information content (AvgIpc) is 2.00. The van der Waals surface area contributed by atoms with Crippen molar-refractivity contribution in [2.24, 2.45) is 5.73 Å². The Morgan fingerprint density at radius 1 is 1.67 bits per heavy atom. The molecule has 3 nitrogen and oxygen atoms in total. The van der Waals surface area contributed by atoms with Gasteiger partial charge < -0.3 is 5.73 Å². The number of hydrogen-bond acceptors (Lipinski definition) is 2. The molecular formula is C6H7Cl3N2O. The molecule has 12 heavy (non-hydrogen) atoms. The Bertz CT molecular complexity index is 211. The van der Waals surface area contributed by atoms with E-state index in [1.165, 1.54) is 0 Å². The molecule has 0 bridgehead atoms. The van der Waals surface area contributed by atoms with E-state index in [-0.39, 0.29) is 12.8 Å². The molecule has 0 aliphatic carbocycles. The summed E-state index contributed by atoms with van der Waals surface area (Å²) in [4.78, 5) is 10.4. The van der Waals surface area contributed by atoms with Gasteiger partial charge in [0.15, 0.2) is 0 Å². The lowest BCUT2D eigenvalue weighted by Crippen LogP contribution is -2.25. The molecule has 0 aromatic rings. The zero-order valence-corrected chi connectivity index (χ0v) is 8.33. The molecule has 0 saturated heterocycles. The van der Waals surface area contributed by atoms with Crippen LogP contribution in [0.4, 0.5) is 0 Å². The monoisotopic (exact) mass is 228 g/mol. The first-order valence-corrected chi connectivity index (χ1v) is 4.31. The average molecular weight is 229 g/mol. The standard InChI is InChI=1S/C6H7Cl3N2O/c7-4(5(11)12)1-2-6(8,9)3-10/h4H,1-2H2,(H2,11,12). The van der Waals surface area contributed by atoms with Crippen LogP contribution in [-0.4, -0.2) is 15.6 Å². The molecule has 0 aromatic heterocycles. The number of nitrogens with zero attached hydrogens (tertiary/aromatic N) is 1. The van der Waals surface area contributed by atoms with Gasteiger partial charge in [-0.1, -0.05) is 23.2 Å². The summed E-state index contributed by atoms with van der Waals surface area (Å²) in [6, 6.07) is 1.66. The van der Waals surface area contributed by atoms with Gasteiger partial charge in [0.2, 0.25) is 10.2 Å². The number of nitrogens with two attached hydrogens (primary N) is 1. The van der Waals surface area contributed by atoms with E-state index in [4.69, 9.17) is 45.8 Å². The van der Waals surface area contributed by atoms with Crippen molar-refractivity contribution in [2.45, 2.75) is 22.6 Å². The van der Waals surface area contributed by atoms with Gasteiger partial charge in [0, 0.05) is 0 Å². The van der Waals surface area contributed by atoms with E-state index in [9.17, 15) is 4.79 Å². The second kappa shape index (κ2) is 4.76. The summed E-state index contributed by atoms with van der Waals surface area (Å²) in [5, 5.41) is 7.55. The maximum absolute atomic E-state index is 10.4. The zero-order valence-electron chi connectivity index (χ0n) is 6.06. The number of halogens is 3. The van der Waals surface area contributed by atoms with Crippen molar-refractivity contribution in [2.75, 3.05) is 0 Å². The summed E-state index contributed by atoms with van der Waals surface area (Å²) >= 11 is 16.4. The molecule has 0 rings (SSSR count). The minimum atomic E-state index is -1.48. The second-order valence-electron chi connectivity index (χ2n) is 2.22. The van der Waals surface area contributed by atoms with Gasteiger partial charge in [-0.2, -0.15) is 5.26 Å². The molecule has 2 N–H and O–H groups in total. The van der Waals surface area contributed by atoms with Gasteiger partial charge in [0.05, 0.1) is 0 Å². The molecule has 0 heterocycles. The van der Waals surface area contributed by atoms with Crippen molar-refractivity contribution in [3.63, 3.8) is 0 Å². The predicted octanol–water partition coefficient (Wildman–Crippen LogP) is 1.56. The van der Waals surface area contributed by atoms with Crippen molar-refractivity contribution < 1.29 is 4.79 Å². The smallest absolute Gasteiger partial charge is 0.235 e. The third kappa shape index (κ3) is 4.66. The molecule has 0 spiro atoms. The molecule has 68 valence electrons. The number of alkyl halides is 3. The molecule has 0 fully saturated rings. The van der Waals surface area contributed by atoms with Crippen LogP contribution >= 0.6 is 34.8 Å². The lowest BCUT2D eigenvalue weighted by Gasteiger charge is -2.10. The van der Waals surface area contributed by atoms with Crippen LogP contribution < -0.4 is 5.73 Å². The summed E-state index contributed by atoms with van der Waals surface area (Å²) in [5.74, 6) is -0.640. The first-order chi connectivity index (χ1) is 5.39. The maximum atomic E-state index is 10.4. The summed E-state index contributed by atoms with van der Waals surface area (Å²) in [5.41, 5.74) is 4.87. The summed E-state index contributed by atoms with van der Waals surface area (Å²) in [6.07, 6.45) is 0.307. The van der Waals surface area contributed by atoms with E-state index in [0.717, 1.165) is 0 Å². The van der Waals surface area contributed by atoms with E-state index in [2.05, 4.69) is 0 Å². The zero-order chi connectivity index (χ0) is 9.78. The van der Waals surface area contributed by atoms with Crippen LogP contribution in [-0.2, 0) is 4.79 Å². The summed E-state index contributed by atoms with van der Waals surface area (Å²) < 4.78 is -1.48. The van der Waals surface area contributed by atoms with Crippen molar-refractivity contribution in [1.82, 2.24) is 0 Å². The van der Waals surface area contributed by atoms with Gasteiger partial charge in [0.1, 0.15) is 11.4 Å². The number of hydrogen-bond donors (Lipinski definition) is 1.